The summed E-state index contributed by atoms with van der Waals surface area (Å²) in [6, 6.07) is 17.4. The van der Waals surface area contributed by atoms with Crippen LogP contribution in [0.5, 0.6) is 0 Å². The maximum Gasteiger partial charge on any atom is 0.257 e. The van der Waals surface area contributed by atoms with Gasteiger partial charge in [-0.25, -0.2) is 9.67 Å². The smallest absolute Gasteiger partial charge is 0.257 e. The first-order valence-corrected chi connectivity index (χ1v) is 9.49. The summed E-state index contributed by atoms with van der Waals surface area (Å²) in [5, 5.41) is 7.88. The van der Waals surface area contributed by atoms with Crippen LogP contribution in [0.4, 0.5) is 5.82 Å². The highest BCUT2D eigenvalue weighted by molar-refractivity contribution is 7.99. The van der Waals surface area contributed by atoms with Crippen LogP contribution in [0.15, 0.2) is 64.2 Å². The number of hydrogen-bond acceptors (Lipinski definition) is 5. The Labute approximate surface area is 160 Å². The Hall–Kier alpha value is -3.06. The minimum Gasteiger partial charge on any atom is -0.431 e. The molecule has 1 amide bonds. The number of nitrogens with one attached hydrogen (secondary N) is 1. The molecule has 136 valence electrons. The average molecular weight is 378 g/mol. The van der Waals surface area contributed by atoms with Crippen molar-refractivity contribution in [2.45, 2.75) is 19.1 Å². The number of oxazole rings is 1. The summed E-state index contributed by atoms with van der Waals surface area (Å²) in [5.74, 6) is 0.695. The van der Waals surface area contributed by atoms with Gasteiger partial charge in [-0.05, 0) is 38.1 Å². The van der Waals surface area contributed by atoms with Gasteiger partial charge in [-0.1, -0.05) is 41.6 Å². The van der Waals surface area contributed by atoms with Crippen molar-refractivity contribution in [2.24, 2.45) is 0 Å². The van der Waals surface area contributed by atoms with Gasteiger partial charge in [0.2, 0.25) is 5.91 Å². The van der Waals surface area contributed by atoms with E-state index in [1.165, 1.54) is 17.3 Å². The number of hydrogen-bond donors (Lipinski definition) is 1. The summed E-state index contributed by atoms with van der Waals surface area (Å²) in [5.41, 5.74) is 4.40. The van der Waals surface area contributed by atoms with Gasteiger partial charge in [-0.2, -0.15) is 5.10 Å². The van der Waals surface area contributed by atoms with Crippen LogP contribution in [0.2, 0.25) is 0 Å². The van der Waals surface area contributed by atoms with Crippen molar-refractivity contribution in [3.63, 3.8) is 0 Å². The third kappa shape index (κ3) is 3.88. The van der Waals surface area contributed by atoms with Crippen molar-refractivity contribution < 1.29 is 9.21 Å². The molecule has 0 fully saturated rings. The van der Waals surface area contributed by atoms with E-state index in [4.69, 9.17) is 4.42 Å². The molecule has 0 aliphatic heterocycles. The number of carbonyl (C=O) groups is 1. The topological polar surface area (TPSA) is 73.0 Å². The normalized spacial score (nSPS) is 11.0. The molecule has 1 N–H and O–H groups in total. The summed E-state index contributed by atoms with van der Waals surface area (Å²) >= 11 is 1.26. The molecule has 2 aromatic heterocycles. The van der Waals surface area contributed by atoms with Crippen molar-refractivity contribution in [2.75, 3.05) is 11.1 Å². The second kappa shape index (κ2) is 7.28. The minimum atomic E-state index is -0.143. The number of para-hydroxylation sites is 2. The third-order valence-electron chi connectivity index (χ3n) is 3.98. The van der Waals surface area contributed by atoms with Crippen LogP contribution in [0.3, 0.4) is 0 Å². The van der Waals surface area contributed by atoms with Crippen molar-refractivity contribution in [1.29, 1.82) is 0 Å². The van der Waals surface area contributed by atoms with Gasteiger partial charge in [0.1, 0.15) is 11.3 Å². The molecule has 0 bridgehead atoms. The van der Waals surface area contributed by atoms with E-state index in [0.717, 1.165) is 16.9 Å². The zero-order chi connectivity index (χ0) is 18.8. The Morgan fingerprint density at radius 3 is 2.70 bits per heavy atom. The summed E-state index contributed by atoms with van der Waals surface area (Å²) in [6.07, 6.45) is 0. The molecule has 2 heterocycles. The average Bonchev–Trinajstić information content (AvgIpc) is 3.23. The van der Waals surface area contributed by atoms with Crippen LogP contribution < -0.4 is 5.32 Å². The third-order valence-corrected chi connectivity index (χ3v) is 4.81. The van der Waals surface area contributed by atoms with Gasteiger partial charge >= 0.3 is 0 Å². The number of aryl methyl sites for hydroxylation is 2. The fourth-order valence-electron chi connectivity index (χ4n) is 2.69. The summed E-state index contributed by atoms with van der Waals surface area (Å²) < 4.78 is 7.36. The largest absolute Gasteiger partial charge is 0.431 e. The van der Waals surface area contributed by atoms with Gasteiger partial charge in [0.05, 0.1) is 17.1 Å². The number of nitrogens with zero attached hydrogens (tertiary/aromatic N) is 3. The van der Waals surface area contributed by atoms with Gasteiger partial charge < -0.3 is 9.73 Å². The number of thioether (sulfide) groups is 1. The second-order valence-electron chi connectivity index (χ2n) is 6.20. The summed E-state index contributed by atoms with van der Waals surface area (Å²) in [4.78, 5) is 16.8. The number of rotatable bonds is 5. The van der Waals surface area contributed by atoms with Crippen LogP contribution in [0.1, 0.15) is 11.3 Å². The van der Waals surface area contributed by atoms with E-state index in [9.17, 15) is 4.79 Å². The predicted molar refractivity (Wildman–Crippen MR) is 106 cm³/mol. The van der Waals surface area contributed by atoms with Crippen LogP contribution in [-0.4, -0.2) is 26.4 Å². The molecule has 0 saturated carbocycles. The fourth-order valence-corrected chi connectivity index (χ4v) is 3.33. The van der Waals surface area contributed by atoms with Crippen LogP contribution in [-0.2, 0) is 4.79 Å². The van der Waals surface area contributed by atoms with Gasteiger partial charge in [-0.15, -0.1) is 0 Å². The molecule has 7 heteroatoms. The van der Waals surface area contributed by atoms with E-state index < -0.39 is 0 Å². The van der Waals surface area contributed by atoms with Crippen molar-refractivity contribution >= 4 is 34.6 Å². The number of benzene rings is 2. The number of amides is 1. The molecular formula is C20H18N4O2S. The highest BCUT2D eigenvalue weighted by Crippen LogP contribution is 2.24. The lowest BCUT2D eigenvalue weighted by atomic mass is 10.2. The molecule has 0 aliphatic rings. The molecule has 2 aromatic carbocycles. The monoisotopic (exact) mass is 378 g/mol. The maximum atomic E-state index is 12.4. The first-order chi connectivity index (χ1) is 13.1. The van der Waals surface area contributed by atoms with Crippen molar-refractivity contribution in [3.05, 3.63) is 65.9 Å². The quantitative estimate of drug-likeness (QED) is 0.522. The standard InChI is InChI=1S/C20H18N4O2S/c1-13-7-9-15(10-8-13)24-18(11-14(2)23-24)22-19(25)12-27-20-21-16-5-3-4-6-17(16)26-20/h3-11H,12H2,1-2H3,(H,22,25). The van der Waals surface area contributed by atoms with E-state index in [-0.39, 0.29) is 11.7 Å². The van der Waals surface area contributed by atoms with Crippen molar-refractivity contribution in [3.8, 4) is 5.69 Å². The van der Waals surface area contributed by atoms with Gasteiger partial charge in [-0.3, -0.25) is 4.79 Å². The Morgan fingerprint density at radius 1 is 1.15 bits per heavy atom. The second-order valence-corrected chi connectivity index (χ2v) is 7.13. The minimum absolute atomic E-state index is 0.143. The van der Waals surface area contributed by atoms with E-state index >= 15 is 0 Å². The summed E-state index contributed by atoms with van der Waals surface area (Å²) in [6.45, 7) is 3.93. The molecule has 0 atom stereocenters. The van der Waals surface area contributed by atoms with E-state index in [2.05, 4.69) is 15.4 Å². The first kappa shape index (κ1) is 17.4. The van der Waals surface area contributed by atoms with Crippen LogP contribution in [0.25, 0.3) is 16.8 Å². The van der Waals surface area contributed by atoms with Gasteiger partial charge in [0.15, 0.2) is 5.58 Å². The highest BCUT2D eigenvalue weighted by Gasteiger charge is 2.13. The SMILES string of the molecule is Cc1ccc(-n2nc(C)cc2NC(=O)CSc2nc3ccccc3o2)cc1. The predicted octanol–water partition coefficient (Wildman–Crippen LogP) is 4.36. The number of fused-ring (bicyclic) bond motifs is 1. The van der Waals surface area contributed by atoms with Crippen molar-refractivity contribution in [1.82, 2.24) is 14.8 Å². The zero-order valence-corrected chi connectivity index (χ0v) is 15.8. The molecule has 0 spiro atoms. The number of anilines is 1. The fraction of sp³-hybridized carbons (Fsp3) is 0.150. The molecule has 27 heavy (non-hydrogen) atoms. The maximum absolute atomic E-state index is 12.4. The highest BCUT2D eigenvalue weighted by atomic mass is 32.2. The molecule has 0 unspecified atom stereocenters. The zero-order valence-electron chi connectivity index (χ0n) is 15.0. The number of aromatic nitrogens is 3. The van der Waals surface area contributed by atoms with Gasteiger partial charge in [0, 0.05) is 6.07 Å². The molecule has 0 saturated heterocycles. The molecule has 0 radical (unpaired) electrons. The molecule has 4 aromatic rings. The Balaban J connectivity index is 1.45. The molecule has 0 aliphatic carbocycles. The lowest BCUT2D eigenvalue weighted by Crippen LogP contribution is -2.17. The molecule has 6 nitrogen and oxygen atoms in total. The van der Waals surface area contributed by atoms with Crippen LogP contribution in [0, 0.1) is 13.8 Å². The van der Waals surface area contributed by atoms with E-state index in [0.29, 0.717) is 16.6 Å². The summed E-state index contributed by atoms with van der Waals surface area (Å²) in [7, 11) is 0. The molecular weight excluding hydrogens is 360 g/mol. The Kier molecular flexibility index (Phi) is 4.68. The number of carbonyl (C=O) groups excluding carboxylic acids is 1. The van der Waals surface area contributed by atoms with Gasteiger partial charge in [0.25, 0.3) is 5.22 Å². The Bertz CT molecular complexity index is 1070. The van der Waals surface area contributed by atoms with Crippen LogP contribution >= 0.6 is 11.8 Å². The lowest BCUT2D eigenvalue weighted by Gasteiger charge is -2.08. The van der Waals surface area contributed by atoms with E-state index in [1.54, 1.807) is 4.68 Å². The lowest BCUT2D eigenvalue weighted by molar-refractivity contribution is -0.113. The van der Waals surface area contributed by atoms with E-state index in [1.807, 2.05) is 68.4 Å². The Morgan fingerprint density at radius 2 is 1.93 bits per heavy atom. The first-order valence-electron chi connectivity index (χ1n) is 8.50. The molecule has 4 rings (SSSR count).